The molecule has 1 heterocycles. The van der Waals surface area contributed by atoms with Gasteiger partial charge in [0.25, 0.3) is 5.56 Å². The molecule has 0 aliphatic carbocycles. The number of nitrogens with zero attached hydrogens (tertiary/aromatic N) is 1. The maximum absolute atomic E-state index is 12.4. The second kappa shape index (κ2) is 9.23. The maximum atomic E-state index is 12.4. The number of aliphatic carboxylic acids is 1. The summed E-state index contributed by atoms with van der Waals surface area (Å²) >= 11 is 1.50. The first-order valence-corrected chi connectivity index (χ1v) is 9.56. The molecule has 0 aliphatic heterocycles. The minimum Gasteiger partial charge on any atom is -0.480 e. The van der Waals surface area contributed by atoms with Crippen LogP contribution < -0.4 is 16.6 Å². The van der Waals surface area contributed by atoms with Crippen LogP contribution in [0.25, 0.3) is 10.9 Å². The van der Waals surface area contributed by atoms with Gasteiger partial charge in [-0.15, -0.1) is 0 Å². The highest BCUT2D eigenvalue weighted by molar-refractivity contribution is 7.98. The molecule has 0 spiro atoms. The van der Waals surface area contributed by atoms with Crippen LogP contribution in [0.5, 0.6) is 0 Å². The van der Waals surface area contributed by atoms with Crippen molar-refractivity contribution in [2.75, 3.05) is 12.0 Å². The molecule has 3 N–H and O–H groups in total. The van der Waals surface area contributed by atoms with Crippen LogP contribution in [-0.4, -0.2) is 44.6 Å². The quantitative estimate of drug-likeness (QED) is 0.592. The Morgan fingerprint density at radius 3 is 2.73 bits per heavy atom. The maximum Gasteiger partial charge on any atom is 0.328 e. The largest absolute Gasteiger partial charge is 0.480 e. The van der Waals surface area contributed by atoms with Crippen LogP contribution in [-0.2, 0) is 16.1 Å². The predicted octanol–water partition coefficient (Wildman–Crippen LogP) is 0.793. The summed E-state index contributed by atoms with van der Waals surface area (Å²) < 4.78 is 1.05. The van der Waals surface area contributed by atoms with Gasteiger partial charge in [0.2, 0.25) is 5.91 Å². The summed E-state index contributed by atoms with van der Waals surface area (Å²) in [7, 11) is 0. The van der Waals surface area contributed by atoms with Gasteiger partial charge in [-0.05, 0) is 37.0 Å². The molecule has 1 aromatic heterocycles. The van der Waals surface area contributed by atoms with E-state index >= 15 is 0 Å². The van der Waals surface area contributed by atoms with E-state index in [4.69, 9.17) is 5.11 Å². The molecule has 1 atom stereocenters. The standard InChI is InChI=1S/C17H21N3O5S/c1-26-10-8-13(16(23)24)18-14(21)7-4-9-20-15(22)11-5-2-3-6-12(11)19-17(20)25/h2-3,5-6,13H,4,7-10H2,1H3,(H,18,21)(H,19,25)(H,23,24)/t13-/m0/s1. The number of H-pyrrole nitrogens is 1. The van der Waals surface area contributed by atoms with Crippen molar-refractivity contribution in [2.24, 2.45) is 0 Å². The van der Waals surface area contributed by atoms with Gasteiger partial charge in [0, 0.05) is 13.0 Å². The Morgan fingerprint density at radius 2 is 2.04 bits per heavy atom. The molecular weight excluding hydrogens is 358 g/mol. The van der Waals surface area contributed by atoms with Gasteiger partial charge in [0.05, 0.1) is 10.9 Å². The predicted molar refractivity (Wildman–Crippen MR) is 101 cm³/mol. The second-order valence-corrected chi connectivity index (χ2v) is 6.76. The lowest BCUT2D eigenvalue weighted by Crippen LogP contribution is -2.41. The Hall–Kier alpha value is -2.55. The fourth-order valence-corrected chi connectivity index (χ4v) is 3.03. The lowest BCUT2D eigenvalue weighted by molar-refractivity contribution is -0.141. The zero-order chi connectivity index (χ0) is 19.1. The van der Waals surface area contributed by atoms with E-state index < -0.39 is 29.2 Å². The van der Waals surface area contributed by atoms with E-state index in [9.17, 15) is 19.2 Å². The Bertz CT molecular complexity index is 905. The third kappa shape index (κ3) is 4.98. The number of nitrogens with one attached hydrogen (secondary N) is 2. The van der Waals surface area contributed by atoms with Crippen LogP contribution in [0, 0.1) is 0 Å². The third-order valence-corrected chi connectivity index (χ3v) is 4.56. The molecule has 26 heavy (non-hydrogen) atoms. The number of carboxylic acids is 1. The summed E-state index contributed by atoms with van der Waals surface area (Å²) in [6.45, 7) is 0.0783. The van der Waals surface area contributed by atoms with Crippen LogP contribution in [0.15, 0.2) is 33.9 Å². The molecule has 1 amide bonds. The van der Waals surface area contributed by atoms with E-state index in [1.807, 2.05) is 6.26 Å². The Kier molecular flexibility index (Phi) is 7.02. The smallest absolute Gasteiger partial charge is 0.328 e. The number of carboxylic acid groups (broad SMARTS) is 1. The van der Waals surface area contributed by atoms with Crippen LogP contribution in [0.1, 0.15) is 19.3 Å². The molecule has 0 bridgehead atoms. The molecule has 0 saturated carbocycles. The number of fused-ring (bicyclic) bond motifs is 1. The monoisotopic (exact) mass is 379 g/mol. The van der Waals surface area contributed by atoms with Crippen LogP contribution in [0.3, 0.4) is 0 Å². The Morgan fingerprint density at radius 1 is 1.31 bits per heavy atom. The molecule has 0 unspecified atom stereocenters. The SMILES string of the molecule is CSCC[C@H](NC(=O)CCCn1c(=O)[nH]c2ccccc2c1=O)C(=O)O. The molecular formula is C17H21N3O5S. The van der Waals surface area contributed by atoms with Crippen LogP contribution in [0.4, 0.5) is 0 Å². The summed E-state index contributed by atoms with van der Waals surface area (Å²) in [4.78, 5) is 50.1. The molecule has 0 saturated heterocycles. The molecule has 0 radical (unpaired) electrons. The molecule has 2 rings (SSSR count). The van der Waals surface area contributed by atoms with Crippen molar-refractivity contribution in [3.8, 4) is 0 Å². The topological polar surface area (TPSA) is 121 Å². The minimum atomic E-state index is -1.07. The van der Waals surface area contributed by atoms with Crippen molar-refractivity contribution >= 4 is 34.5 Å². The lowest BCUT2D eigenvalue weighted by atomic mass is 10.2. The first kappa shape index (κ1) is 19.8. The first-order valence-electron chi connectivity index (χ1n) is 8.17. The van der Waals surface area contributed by atoms with Crippen molar-refractivity contribution in [3.63, 3.8) is 0 Å². The number of amides is 1. The van der Waals surface area contributed by atoms with Crippen LogP contribution >= 0.6 is 11.8 Å². The van der Waals surface area contributed by atoms with Gasteiger partial charge in [0.15, 0.2) is 0 Å². The fraction of sp³-hybridized carbons (Fsp3) is 0.412. The van der Waals surface area contributed by atoms with Crippen molar-refractivity contribution in [2.45, 2.75) is 31.8 Å². The van der Waals surface area contributed by atoms with E-state index in [2.05, 4.69) is 10.3 Å². The molecule has 8 nitrogen and oxygen atoms in total. The number of hydrogen-bond donors (Lipinski definition) is 3. The minimum absolute atomic E-state index is 0.0295. The van der Waals surface area contributed by atoms with Gasteiger partial charge in [-0.2, -0.15) is 11.8 Å². The van der Waals surface area contributed by atoms with E-state index in [0.29, 0.717) is 23.1 Å². The van der Waals surface area contributed by atoms with Crippen molar-refractivity contribution in [1.82, 2.24) is 14.9 Å². The zero-order valence-electron chi connectivity index (χ0n) is 14.4. The number of carbonyl (C=O) groups is 2. The molecule has 0 fully saturated rings. The van der Waals surface area contributed by atoms with E-state index in [1.54, 1.807) is 24.3 Å². The number of thioether (sulfide) groups is 1. The zero-order valence-corrected chi connectivity index (χ0v) is 15.2. The van der Waals surface area contributed by atoms with Gasteiger partial charge >= 0.3 is 11.7 Å². The van der Waals surface area contributed by atoms with Crippen molar-refractivity contribution in [1.29, 1.82) is 0 Å². The van der Waals surface area contributed by atoms with Gasteiger partial charge in [0.1, 0.15) is 6.04 Å². The number of aromatic nitrogens is 2. The first-order chi connectivity index (χ1) is 12.4. The van der Waals surface area contributed by atoms with Crippen molar-refractivity contribution < 1.29 is 14.7 Å². The number of para-hydroxylation sites is 1. The van der Waals surface area contributed by atoms with Gasteiger partial charge in [-0.25, -0.2) is 9.59 Å². The Labute approximate surface area is 153 Å². The van der Waals surface area contributed by atoms with Gasteiger partial charge < -0.3 is 15.4 Å². The highest BCUT2D eigenvalue weighted by atomic mass is 32.2. The average molecular weight is 379 g/mol. The van der Waals surface area contributed by atoms with Gasteiger partial charge in [-0.1, -0.05) is 12.1 Å². The lowest BCUT2D eigenvalue weighted by Gasteiger charge is -2.14. The number of aromatic amines is 1. The fourth-order valence-electron chi connectivity index (χ4n) is 2.56. The number of carbonyl (C=O) groups excluding carboxylic acids is 1. The van der Waals surface area contributed by atoms with Crippen LogP contribution in [0.2, 0.25) is 0 Å². The summed E-state index contributed by atoms with van der Waals surface area (Å²) in [6, 6.07) is 5.78. The van der Waals surface area contributed by atoms with E-state index in [-0.39, 0.29) is 19.4 Å². The van der Waals surface area contributed by atoms with E-state index in [0.717, 1.165) is 4.57 Å². The third-order valence-electron chi connectivity index (χ3n) is 3.92. The Balaban J connectivity index is 1.98. The van der Waals surface area contributed by atoms with E-state index in [1.165, 1.54) is 11.8 Å². The number of rotatable bonds is 9. The molecule has 2 aromatic rings. The number of benzene rings is 1. The summed E-state index contributed by atoms with van der Waals surface area (Å²) in [5.41, 5.74) is -0.472. The van der Waals surface area contributed by atoms with Crippen molar-refractivity contribution in [3.05, 3.63) is 45.1 Å². The molecule has 140 valence electrons. The summed E-state index contributed by atoms with van der Waals surface area (Å²) in [6.07, 6.45) is 2.48. The summed E-state index contributed by atoms with van der Waals surface area (Å²) in [5.74, 6) is -0.864. The second-order valence-electron chi connectivity index (χ2n) is 5.78. The highest BCUT2D eigenvalue weighted by Gasteiger charge is 2.19. The molecule has 0 aliphatic rings. The average Bonchev–Trinajstić information content (AvgIpc) is 2.61. The summed E-state index contributed by atoms with van der Waals surface area (Å²) in [5, 5.41) is 12.0. The number of hydrogen-bond acceptors (Lipinski definition) is 5. The highest BCUT2D eigenvalue weighted by Crippen LogP contribution is 2.04. The molecule has 9 heteroatoms. The normalized spacial score (nSPS) is 12.0. The molecule has 1 aromatic carbocycles. The van der Waals surface area contributed by atoms with Gasteiger partial charge in [-0.3, -0.25) is 14.2 Å².